The molecule has 0 aromatic heterocycles. The van der Waals surface area contributed by atoms with Crippen molar-refractivity contribution < 1.29 is 23.8 Å². The molecule has 26 heavy (non-hydrogen) atoms. The minimum absolute atomic E-state index is 0.238. The zero-order chi connectivity index (χ0) is 19.1. The van der Waals surface area contributed by atoms with Gasteiger partial charge in [-0.25, -0.2) is 0 Å². The second-order valence-electron chi connectivity index (χ2n) is 5.69. The minimum Gasteiger partial charge on any atom is -0.493 e. The van der Waals surface area contributed by atoms with Crippen molar-refractivity contribution >= 4 is 23.4 Å². The Morgan fingerprint density at radius 3 is 2.31 bits per heavy atom. The molecule has 0 N–H and O–H groups in total. The molecule has 0 aliphatic rings. The fraction of sp³-hybridized carbons (Fsp3) is 0.300. The molecule has 2 rings (SSSR count). The number of hydrogen-bond donors (Lipinski definition) is 0. The molecular weight excluding hydrogens is 356 g/mol. The smallest absolute Gasteiger partial charge is 0.303 e. The Hall–Kier alpha value is -2.53. The lowest BCUT2D eigenvalue weighted by Crippen LogP contribution is -2.22. The highest BCUT2D eigenvalue weighted by Gasteiger charge is 2.27. The Bertz CT molecular complexity index is 773. The number of methoxy groups -OCH3 is 2. The van der Waals surface area contributed by atoms with Crippen LogP contribution in [-0.4, -0.2) is 32.6 Å². The van der Waals surface area contributed by atoms with Crippen LogP contribution in [0.3, 0.4) is 0 Å². The highest BCUT2D eigenvalue weighted by molar-refractivity contribution is 6.33. The van der Waals surface area contributed by atoms with Crippen LogP contribution in [0.15, 0.2) is 42.5 Å². The molecule has 2 aromatic carbocycles. The summed E-state index contributed by atoms with van der Waals surface area (Å²) in [6.07, 6.45) is 0.427. The number of esters is 1. The molecule has 0 aliphatic heterocycles. The van der Waals surface area contributed by atoms with Crippen LogP contribution in [0.2, 0.25) is 5.02 Å². The molecule has 138 valence electrons. The van der Waals surface area contributed by atoms with Gasteiger partial charge in [0.2, 0.25) is 0 Å². The summed E-state index contributed by atoms with van der Waals surface area (Å²) in [4.78, 5) is 23.8. The van der Waals surface area contributed by atoms with E-state index in [1.165, 1.54) is 21.1 Å². The zero-order valence-electron chi connectivity index (χ0n) is 15.0. The van der Waals surface area contributed by atoms with Gasteiger partial charge in [0, 0.05) is 6.92 Å². The Balaban J connectivity index is 2.42. The van der Waals surface area contributed by atoms with E-state index in [0.29, 0.717) is 28.5 Å². The Morgan fingerprint density at radius 2 is 1.73 bits per heavy atom. The Kier molecular flexibility index (Phi) is 7.04. The van der Waals surface area contributed by atoms with Gasteiger partial charge in [-0.2, -0.15) is 0 Å². The topological polar surface area (TPSA) is 61.8 Å². The summed E-state index contributed by atoms with van der Waals surface area (Å²) in [5.74, 6) is -0.477. The van der Waals surface area contributed by atoms with E-state index >= 15 is 0 Å². The number of ketones is 1. The van der Waals surface area contributed by atoms with Crippen molar-refractivity contribution in [3.05, 3.63) is 58.6 Å². The van der Waals surface area contributed by atoms with Gasteiger partial charge < -0.3 is 14.2 Å². The summed E-state index contributed by atoms with van der Waals surface area (Å²) in [6.45, 7) is 0.959. The lowest BCUT2D eigenvalue weighted by molar-refractivity contribution is -0.146. The lowest BCUT2D eigenvalue weighted by Gasteiger charge is -2.20. The molecule has 0 aliphatic carbocycles. The van der Waals surface area contributed by atoms with E-state index in [1.54, 1.807) is 12.1 Å². The summed E-state index contributed by atoms with van der Waals surface area (Å²) >= 11 is 6.50. The summed E-state index contributed by atoms with van der Waals surface area (Å²) < 4.78 is 15.5. The zero-order valence-corrected chi connectivity index (χ0v) is 15.7. The average molecular weight is 377 g/mol. The van der Waals surface area contributed by atoms with Gasteiger partial charge >= 0.3 is 5.97 Å². The molecule has 0 radical (unpaired) electrons. The maximum atomic E-state index is 12.8. The summed E-state index contributed by atoms with van der Waals surface area (Å²) in [5.41, 5.74) is 1.57. The van der Waals surface area contributed by atoms with Gasteiger partial charge in [0.1, 0.15) is 0 Å². The summed E-state index contributed by atoms with van der Waals surface area (Å²) in [5, 5.41) is 0.309. The van der Waals surface area contributed by atoms with Crippen molar-refractivity contribution in [2.75, 3.05) is 20.8 Å². The Labute approximate surface area is 157 Å². The first-order valence-electron chi connectivity index (χ1n) is 8.08. The second kappa shape index (κ2) is 9.25. The number of benzene rings is 2. The van der Waals surface area contributed by atoms with Gasteiger partial charge in [-0.1, -0.05) is 48.0 Å². The largest absolute Gasteiger partial charge is 0.493 e. The number of Topliss-reactive ketones (excluding diaryl/α,β-unsaturated/α-hetero) is 1. The molecule has 5 nitrogen and oxygen atoms in total. The fourth-order valence-electron chi connectivity index (χ4n) is 2.69. The predicted octanol–water partition coefficient (Wildman–Crippen LogP) is 3.82. The third-order valence-electron chi connectivity index (χ3n) is 3.98. The van der Waals surface area contributed by atoms with Gasteiger partial charge in [0.05, 0.1) is 25.2 Å². The minimum atomic E-state index is -0.580. The molecule has 0 amide bonds. The number of halogens is 1. The van der Waals surface area contributed by atoms with Crippen LogP contribution in [0, 0.1) is 0 Å². The number of carbonyl (C=O) groups is 2. The van der Waals surface area contributed by atoms with Crippen LogP contribution in [-0.2, 0) is 20.7 Å². The highest BCUT2D eigenvalue weighted by Crippen LogP contribution is 2.41. The third-order valence-corrected chi connectivity index (χ3v) is 4.37. The number of rotatable bonds is 8. The maximum Gasteiger partial charge on any atom is 0.303 e. The van der Waals surface area contributed by atoms with E-state index < -0.39 is 11.9 Å². The van der Waals surface area contributed by atoms with Crippen LogP contribution in [0.4, 0.5) is 0 Å². The third kappa shape index (κ3) is 4.76. The molecule has 0 saturated carbocycles. The van der Waals surface area contributed by atoms with Crippen molar-refractivity contribution in [1.82, 2.24) is 0 Å². The van der Waals surface area contributed by atoms with Crippen molar-refractivity contribution in [3.8, 4) is 11.5 Å². The first-order chi connectivity index (χ1) is 12.5. The maximum absolute atomic E-state index is 12.8. The summed E-state index contributed by atoms with van der Waals surface area (Å²) in [6, 6.07) is 13.0. The lowest BCUT2D eigenvalue weighted by atomic mass is 9.88. The standard InChI is InChI=1S/C20H21ClO5/c1-13(22)26-12-17(23)16(11-14-7-5-4-6-8-14)15-9-10-18(24-2)20(25-3)19(15)21/h4-10,16H,11-12H2,1-3H3. The highest BCUT2D eigenvalue weighted by atomic mass is 35.5. The van der Waals surface area contributed by atoms with E-state index in [2.05, 4.69) is 0 Å². The van der Waals surface area contributed by atoms with Gasteiger partial charge in [-0.3, -0.25) is 9.59 Å². The predicted molar refractivity (Wildman–Crippen MR) is 99.1 cm³/mol. The molecular formula is C20H21ClO5. The first-order valence-corrected chi connectivity index (χ1v) is 8.46. The molecule has 0 saturated heterocycles. The molecule has 0 bridgehead atoms. The number of carbonyl (C=O) groups excluding carboxylic acids is 2. The van der Waals surface area contributed by atoms with Crippen LogP contribution in [0.1, 0.15) is 24.0 Å². The summed E-state index contributed by atoms with van der Waals surface area (Å²) in [7, 11) is 3.00. The van der Waals surface area contributed by atoms with Crippen molar-refractivity contribution in [3.63, 3.8) is 0 Å². The van der Waals surface area contributed by atoms with Crippen molar-refractivity contribution in [2.45, 2.75) is 19.3 Å². The normalized spacial score (nSPS) is 11.5. The monoisotopic (exact) mass is 376 g/mol. The molecule has 0 heterocycles. The van der Waals surface area contributed by atoms with Gasteiger partial charge in [-0.15, -0.1) is 0 Å². The quantitative estimate of drug-likeness (QED) is 0.655. The van der Waals surface area contributed by atoms with E-state index in [-0.39, 0.29) is 12.4 Å². The Morgan fingerprint density at radius 1 is 1.04 bits per heavy atom. The van der Waals surface area contributed by atoms with Gasteiger partial charge in [0.25, 0.3) is 0 Å². The van der Waals surface area contributed by atoms with Gasteiger partial charge in [0.15, 0.2) is 23.9 Å². The molecule has 2 aromatic rings. The fourth-order valence-corrected chi connectivity index (χ4v) is 3.06. The molecule has 0 fully saturated rings. The van der Waals surface area contributed by atoms with Crippen LogP contribution in [0.25, 0.3) is 0 Å². The van der Waals surface area contributed by atoms with Crippen LogP contribution in [0.5, 0.6) is 11.5 Å². The van der Waals surface area contributed by atoms with Crippen molar-refractivity contribution in [1.29, 1.82) is 0 Å². The SMILES string of the molecule is COc1ccc(C(Cc2ccccc2)C(=O)COC(C)=O)c(Cl)c1OC. The molecule has 1 unspecified atom stereocenters. The van der Waals surface area contributed by atoms with E-state index in [1.807, 2.05) is 30.3 Å². The second-order valence-corrected chi connectivity index (χ2v) is 6.07. The van der Waals surface area contributed by atoms with E-state index in [4.69, 9.17) is 25.8 Å². The average Bonchev–Trinajstić information content (AvgIpc) is 2.65. The number of ether oxygens (including phenoxy) is 3. The molecule has 6 heteroatoms. The molecule has 1 atom stereocenters. The van der Waals surface area contributed by atoms with Crippen molar-refractivity contribution in [2.24, 2.45) is 0 Å². The van der Waals surface area contributed by atoms with Crippen LogP contribution < -0.4 is 9.47 Å². The van der Waals surface area contributed by atoms with E-state index in [9.17, 15) is 9.59 Å². The van der Waals surface area contributed by atoms with Crippen LogP contribution >= 0.6 is 11.6 Å². The first kappa shape index (κ1) is 19.8. The number of hydrogen-bond acceptors (Lipinski definition) is 5. The van der Waals surface area contributed by atoms with Gasteiger partial charge in [-0.05, 0) is 23.6 Å². The molecule has 0 spiro atoms. The van der Waals surface area contributed by atoms with E-state index in [0.717, 1.165) is 5.56 Å².